The molecule has 0 amide bonds. The van der Waals surface area contributed by atoms with Crippen LogP contribution in [0, 0.1) is 0 Å². The second-order valence-electron chi connectivity index (χ2n) is 4.80. The van der Waals surface area contributed by atoms with Crippen molar-refractivity contribution < 1.29 is 30.7 Å². The number of methoxy groups -OCH3 is 1. The zero-order valence-electron chi connectivity index (χ0n) is 12.0. The molecule has 0 bridgehead atoms. The molecule has 1 aliphatic rings. The molecule has 3 nitrogen and oxygen atoms in total. The topological polar surface area (TPSA) is 12.5 Å². The summed E-state index contributed by atoms with van der Waals surface area (Å²) in [5.41, 5.74) is 0.987. The fourth-order valence-corrected chi connectivity index (χ4v) is 2.33. The molecule has 110 valence electrons. The summed E-state index contributed by atoms with van der Waals surface area (Å²) in [5.74, 6) is 0.789. The van der Waals surface area contributed by atoms with Crippen molar-refractivity contribution >= 4 is 0 Å². The molecule has 1 heterocycles. The number of allylic oxidation sites excluding steroid dienone is 2. The van der Waals surface area contributed by atoms with Crippen LogP contribution in [0.1, 0.15) is 5.56 Å². The third kappa shape index (κ3) is 3.11. The highest BCUT2D eigenvalue weighted by Crippen LogP contribution is 2.30. The van der Waals surface area contributed by atoms with E-state index in [0.717, 1.165) is 11.3 Å². The molecule has 0 aliphatic carbocycles. The second kappa shape index (κ2) is 7.02. The first-order chi connectivity index (χ1) is 9.10. The lowest BCUT2D eigenvalue weighted by Gasteiger charge is -2.41. The molecule has 0 spiro atoms. The molecule has 0 fully saturated rings. The third-order valence-electron chi connectivity index (χ3n) is 3.51. The number of benzene rings is 1. The van der Waals surface area contributed by atoms with Crippen molar-refractivity contribution in [2.24, 2.45) is 0 Å². The van der Waals surface area contributed by atoms with Crippen molar-refractivity contribution in [3.05, 3.63) is 54.3 Å². The zero-order valence-corrected chi connectivity index (χ0v) is 13.5. The van der Waals surface area contributed by atoms with Gasteiger partial charge in [-0.25, -0.2) is 0 Å². The summed E-state index contributed by atoms with van der Waals surface area (Å²) in [6.45, 7) is 0.513. The Morgan fingerprint density at radius 3 is 2.55 bits per heavy atom. The number of para-hydroxylation sites is 1. The number of alkyl halides is 1. The van der Waals surface area contributed by atoms with Gasteiger partial charge in [-0.3, -0.25) is 0 Å². The summed E-state index contributed by atoms with van der Waals surface area (Å²) in [4.78, 5) is 0. The summed E-state index contributed by atoms with van der Waals surface area (Å²) in [6.07, 6.45) is 5.98. The molecule has 0 radical (unpaired) electrons. The SMILES string of the molecule is COc1ccccc1C[N+]1(N(C)C)C=CC=CC1F.[Br-]. The lowest BCUT2D eigenvalue weighted by Crippen LogP contribution is -3.00. The van der Waals surface area contributed by atoms with Gasteiger partial charge in [-0.2, -0.15) is 14.0 Å². The number of hydrogen-bond acceptors (Lipinski definition) is 2. The molecular weight excluding hydrogens is 323 g/mol. The third-order valence-corrected chi connectivity index (χ3v) is 3.51. The van der Waals surface area contributed by atoms with Crippen LogP contribution in [0.25, 0.3) is 0 Å². The first-order valence-electron chi connectivity index (χ1n) is 6.27. The zero-order chi connectivity index (χ0) is 13.9. The van der Waals surface area contributed by atoms with Crippen molar-refractivity contribution in [3.63, 3.8) is 0 Å². The van der Waals surface area contributed by atoms with Gasteiger partial charge in [-0.05, 0) is 18.2 Å². The van der Waals surface area contributed by atoms with Crippen molar-refractivity contribution in [2.45, 2.75) is 12.8 Å². The molecule has 0 saturated heterocycles. The Morgan fingerprint density at radius 2 is 1.95 bits per heavy atom. The first-order valence-corrected chi connectivity index (χ1v) is 6.27. The van der Waals surface area contributed by atoms with E-state index in [4.69, 9.17) is 4.74 Å². The maximum Gasteiger partial charge on any atom is 0.273 e. The van der Waals surface area contributed by atoms with Gasteiger partial charge in [0.2, 0.25) is 0 Å². The molecule has 2 atom stereocenters. The van der Waals surface area contributed by atoms with E-state index in [1.807, 2.05) is 55.6 Å². The molecule has 1 aliphatic heterocycles. The Morgan fingerprint density at radius 1 is 1.25 bits per heavy atom. The Balaban J connectivity index is 0.00000200. The van der Waals surface area contributed by atoms with Gasteiger partial charge in [-0.1, -0.05) is 18.2 Å². The molecule has 20 heavy (non-hydrogen) atoms. The van der Waals surface area contributed by atoms with Crippen molar-refractivity contribution in [3.8, 4) is 5.75 Å². The fourth-order valence-electron chi connectivity index (χ4n) is 2.33. The first kappa shape index (κ1) is 16.9. The highest BCUT2D eigenvalue weighted by atomic mass is 79.9. The maximum absolute atomic E-state index is 14.4. The quantitative estimate of drug-likeness (QED) is 0.558. The summed E-state index contributed by atoms with van der Waals surface area (Å²) < 4.78 is 19.9. The lowest BCUT2D eigenvalue weighted by molar-refractivity contribution is -1.03. The van der Waals surface area contributed by atoms with E-state index in [1.54, 1.807) is 19.3 Å². The highest BCUT2D eigenvalue weighted by molar-refractivity contribution is 5.32. The summed E-state index contributed by atoms with van der Waals surface area (Å²) in [5, 5.41) is 1.87. The van der Waals surface area contributed by atoms with Crippen molar-refractivity contribution in [1.29, 1.82) is 0 Å². The number of quaternary nitrogens is 1. The van der Waals surface area contributed by atoms with Gasteiger partial charge in [0.25, 0.3) is 6.30 Å². The minimum atomic E-state index is -1.09. The molecule has 2 unspecified atom stereocenters. The van der Waals surface area contributed by atoms with E-state index in [2.05, 4.69) is 0 Å². The fraction of sp³-hybridized carbons (Fsp3) is 0.333. The summed E-state index contributed by atoms with van der Waals surface area (Å²) in [6, 6.07) is 7.74. The molecule has 1 aromatic carbocycles. The van der Waals surface area contributed by atoms with Gasteiger partial charge >= 0.3 is 0 Å². The Labute approximate surface area is 130 Å². The maximum atomic E-state index is 14.4. The second-order valence-corrected chi connectivity index (χ2v) is 4.80. The van der Waals surface area contributed by atoms with Crippen LogP contribution in [0.15, 0.2) is 48.7 Å². The Hall–Kier alpha value is -1.17. The normalized spacial score (nSPS) is 24.6. The van der Waals surface area contributed by atoms with Crippen LogP contribution in [-0.2, 0) is 6.54 Å². The smallest absolute Gasteiger partial charge is 0.273 e. The largest absolute Gasteiger partial charge is 1.00 e. The molecule has 0 saturated carbocycles. The van der Waals surface area contributed by atoms with Gasteiger partial charge in [-0.15, -0.1) is 0 Å². The number of halogens is 2. The molecule has 0 aromatic heterocycles. The predicted octanol–water partition coefficient (Wildman–Crippen LogP) is -0.128. The minimum absolute atomic E-state index is 0. The van der Waals surface area contributed by atoms with Crippen LogP contribution < -0.4 is 21.7 Å². The van der Waals surface area contributed by atoms with E-state index in [-0.39, 0.29) is 21.6 Å². The van der Waals surface area contributed by atoms with Gasteiger partial charge in [0.1, 0.15) is 18.5 Å². The van der Waals surface area contributed by atoms with Crippen LogP contribution in [0.3, 0.4) is 0 Å². The standard InChI is InChI=1S/C15H20FN2O.BrH/c1-17(2)18(11-7-6-10-15(18)16)12-13-8-4-5-9-14(13)19-3;/h4-11,15H,12H2,1-3H3;1H/q+1;/p-1. The molecule has 1 aromatic rings. The van der Waals surface area contributed by atoms with Crippen LogP contribution in [-0.4, -0.2) is 37.1 Å². The van der Waals surface area contributed by atoms with Crippen LogP contribution >= 0.6 is 0 Å². The van der Waals surface area contributed by atoms with Crippen LogP contribution in [0.4, 0.5) is 4.39 Å². The molecule has 2 rings (SSSR count). The van der Waals surface area contributed by atoms with E-state index >= 15 is 0 Å². The Bertz CT molecular complexity index is 504. The lowest BCUT2D eigenvalue weighted by atomic mass is 10.1. The van der Waals surface area contributed by atoms with E-state index in [0.29, 0.717) is 6.54 Å². The number of hydrogen-bond donors (Lipinski definition) is 0. The molecule has 5 heteroatoms. The van der Waals surface area contributed by atoms with Crippen LogP contribution in [0.5, 0.6) is 5.75 Å². The average molecular weight is 343 g/mol. The predicted molar refractivity (Wildman–Crippen MR) is 73.8 cm³/mol. The van der Waals surface area contributed by atoms with Gasteiger partial charge in [0.15, 0.2) is 0 Å². The van der Waals surface area contributed by atoms with Gasteiger partial charge < -0.3 is 21.7 Å². The Kier molecular flexibility index (Phi) is 5.92. The number of nitrogens with zero attached hydrogens (tertiary/aromatic N) is 2. The van der Waals surface area contributed by atoms with Gasteiger partial charge in [0, 0.05) is 20.2 Å². The molecular formula is C15H20BrFN2O. The summed E-state index contributed by atoms with van der Waals surface area (Å²) in [7, 11) is 5.40. The van der Waals surface area contributed by atoms with Crippen molar-refractivity contribution in [2.75, 3.05) is 21.2 Å². The van der Waals surface area contributed by atoms with Crippen molar-refractivity contribution in [1.82, 2.24) is 5.01 Å². The average Bonchev–Trinajstić information content (AvgIpc) is 2.41. The highest BCUT2D eigenvalue weighted by Gasteiger charge is 2.39. The van der Waals surface area contributed by atoms with E-state index in [1.165, 1.54) is 0 Å². The summed E-state index contributed by atoms with van der Waals surface area (Å²) >= 11 is 0. The molecule has 0 N–H and O–H groups in total. The van der Waals surface area contributed by atoms with Crippen LogP contribution in [0.2, 0.25) is 0 Å². The van der Waals surface area contributed by atoms with E-state index < -0.39 is 6.30 Å². The number of ether oxygens (including phenoxy) is 1. The minimum Gasteiger partial charge on any atom is -1.00 e. The monoisotopic (exact) mass is 342 g/mol. The van der Waals surface area contributed by atoms with Gasteiger partial charge in [0.05, 0.1) is 12.7 Å². The number of rotatable bonds is 4. The van der Waals surface area contributed by atoms with E-state index in [9.17, 15) is 4.39 Å².